The van der Waals surface area contributed by atoms with Gasteiger partial charge in [-0.1, -0.05) is 6.07 Å². The van der Waals surface area contributed by atoms with Gasteiger partial charge in [0.15, 0.2) is 0 Å². The molecule has 0 aromatic carbocycles. The molecular weight excluding hydrogens is 342 g/mol. The Morgan fingerprint density at radius 2 is 2.07 bits per heavy atom. The summed E-state index contributed by atoms with van der Waals surface area (Å²) in [6, 6.07) is 7.60. The van der Waals surface area contributed by atoms with Crippen LogP contribution in [0.5, 0.6) is 0 Å². The summed E-state index contributed by atoms with van der Waals surface area (Å²) in [7, 11) is 3.39. The number of amides is 1. The maximum absolute atomic E-state index is 12.3. The second-order valence-electron chi connectivity index (χ2n) is 6.88. The van der Waals surface area contributed by atoms with E-state index in [0.29, 0.717) is 11.5 Å². The van der Waals surface area contributed by atoms with Gasteiger partial charge in [0, 0.05) is 44.5 Å². The highest BCUT2D eigenvalue weighted by atomic mass is 16.2. The lowest BCUT2D eigenvalue weighted by atomic mass is 10.2. The van der Waals surface area contributed by atoms with Gasteiger partial charge in [0.25, 0.3) is 5.91 Å². The number of carbonyl (C=O) groups is 1. The van der Waals surface area contributed by atoms with Gasteiger partial charge in [0.1, 0.15) is 23.4 Å². The smallest absolute Gasteiger partial charge is 0.291 e. The predicted octanol–water partition coefficient (Wildman–Crippen LogP) is 1.75. The van der Waals surface area contributed by atoms with E-state index >= 15 is 0 Å². The van der Waals surface area contributed by atoms with Crippen molar-refractivity contribution >= 4 is 17.5 Å². The number of nitrogens with one attached hydrogen (secondary N) is 1. The Morgan fingerprint density at radius 3 is 2.78 bits per heavy atom. The Bertz CT molecular complexity index is 903. The predicted molar refractivity (Wildman–Crippen MR) is 103 cm³/mol. The van der Waals surface area contributed by atoms with E-state index in [2.05, 4.69) is 31.2 Å². The summed E-state index contributed by atoms with van der Waals surface area (Å²) in [6.45, 7) is 5.44. The highest BCUT2D eigenvalue weighted by Crippen LogP contribution is 2.25. The minimum absolute atomic E-state index is 0.189. The van der Waals surface area contributed by atoms with Crippen LogP contribution >= 0.6 is 0 Å². The van der Waals surface area contributed by atoms with Gasteiger partial charge in [-0.25, -0.2) is 15.0 Å². The molecule has 0 radical (unpaired) electrons. The minimum atomic E-state index is -0.203. The number of rotatable bonds is 4. The number of anilines is 2. The van der Waals surface area contributed by atoms with E-state index in [1.807, 2.05) is 26.0 Å². The van der Waals surface area contributed by atoms with Crippen LogP contribution in [0.4, 0.5) is 11.6 Å². The largest absolute Gasteiger partial charge is 0.365 e. The van der Waals surface area contributed by atoms with Gasteiger partial charge in [-0.3, -0.25) is 4.79 Å². The molecule has 1 N–H and O–H groups in total. The van der Waals surface area contributed by atoms with Crippen molar-refractivity contribution in [2.75, 3.05) is 37.4 Å². The summed E-state index contributed by atoms with van der Waals surface area (Å²) in [5.74, 6) is 1.51. The third-order valence-electron chi connectivity index (χ3n) is 4.66. The molecule has 3 rings (SSSR count). The van der Waals surface area contributed by atoms with Gasteiger partial charge in [0.05, 0.1) is 0 Å². The third kappa shape index (κ3) is 3.97. The lowest BCUT2D eigenvalue weighted by Gasteiger charge is -2.22. The Labute approximate surface area is 158 Å². The Hall–Kier alpha value is -3.21. The first-order valence-electron chi connectivity index (χ1n) is 8.84. The summed E-state index contributed by atoms with van der Waals surface area (Å²) in [5, 5.41) is 12.4. The summed E-state index contributed by atoms with van der Waals surface area (Å²) in [6.07, 6.45) is 0.915. The van der Waals surface area contributed by atoms with Gasteiger partial charge >= 0.3 is 0 Å². The molecule has 2 aromatic heterocycles. The van der Waals surface area contributed by atoms with Crippen molar-refractivity contribution in [3.8, 4) is 6.07 Å². The molecule has 140 valence electrons. The van der Waals surface area contributed by atoms with Crippen LogP contribution in [0.25, 0.3) is 0 Å². The highest BCUT2D eigenvalue weighted by molar-refractivity contribution is 5.90. The molecule has 0 saturated carbocycles. The van der Waals surface area contributed by atoms with Crippen molar-refractivity contribution in [1.29, 1.82) is 5.26 Å². The number of hydrogen-bond acceptors (Lipinski definition) is 7. The summed E-state index contributed by atoms with van der Waals surface area (Å²) in [5.41, 5.74) is 2.18. The van der Waals surface area contributed by atoms with E-state index < -0.39 is 0 Å². The molecule has 1 fully saturated rings. The lowest BCUT2D eigenvalue weighted by Crippen LogP contribution is -2.30. The maximum atomic E-state index is 12.3. The summed E-state index contributed by atoms with van der Waals surface area (Å²) >= 11 is 0. The molecule has 27 heavy (non-hydrogen) atoms. The van der Waals surface area contributed by atoms with E-state index in [9.17, 15) is 4.79 Å². The number of carbonyl (C=O) groups excluding carboxylic acids is 1. The molecule has 8 heteroatoms. The Kier molecular flexibility index (Phi) is 5.21. The fourth-order valence-corrected chi connectivity index (χ4v) is 3.07. The second kappa shape index (κ2) is 7.58. The van der Waals surface area contributed by atoms with Crippen LogP contribution in [0.15, 0.2) is 18.2 Å². The van der Waals surface area contributed by atoms with Crippen molar-refractivity contribution in [3.05, 3.63) is 41.0 Å². The fraction of sp³-hybridized carbons (Fsp3) is 0.421. The first-order chi connectivity index (χ1) is 12.9. The van der Waals surface area contributed by atoms with Crippen molar-refractivity contribution in [2.24, 2.45) is 0 Å². The van der Waals surface area contributed by atoms with E-state index in [-0.39, 0.29) is 17.8 Å². The molecule has 1 saturated heterocycles. The molecule has 0 bridgehead atoms. The molecule has 3 heterocycles. The van der Waals surface area contributed by atoms with Crippen LogP contribution in [0.2, 0.25) is 0 Å². The molecule has 1 atom stereocenters. The van der Waals surface area contributed by atoms with Gasteiger partial charge in [-0.05, 0) is 32.4 Å². The number of pyridine rings is 1. The zero-order valence-electron chi connectivity index (χ0n) is 16.0. The van der Waals surface area contributed by atoms with Gasteiger partial charge < -0.3 is 15.1 Å². The third-order valence-corrected chi connectivity index (χ3v) is 4.66. The van der Waals surface area contributed by atoms with E-state index in [1.165, 1.54) is 4.90 Å². The topological polar surface area (TPSA) is 98.0 Å². The minimum Gasteiger partial charge on any atom is -0.365 e. The molecule has 0 aliphatic carbocycles. The van der Waals surface area contributed by atoms with Crippen LogP contribution in [-0.4, -0.2) is 59.0 Å². The lowest BCUT2D eigenvalue weighted by molar-refractivity contribution is 0.0815. The van der Waals surface area contributed by atoms with Crippen LogP contribution < -0.4 is 10.2 Å². The van der Waals surface area contributed by atoms with E-state index in [4.69, 9.17) is 5.26 Å². The zero-order valence-corrected chi connectivity index (χ0v) is 16.0. The number of nitriles is 1. The monoisotopic (exact) mass is 365 g/mol. The van der Waals surface area contributed by atoms with Crippen LogP contribution in [-0.2, 0) is 0 Å². The number of aryl methyl sites for hydroxylation is 1. The molecule has 0 spiro atoms. The van der Waals surface area contributed by atoms with Crippen molar-refractivity contribution < 1.29 is 4.79 Å². The van der Waals surface area contributed by atoms with Crippen LogP contribution in [0, 0.1) is 25.2 Å². The maximum Gasteiger partial charge on any atom is 0.291 e. The number of nitrogens with zero attached hydrogens (tertiary/aromatic N) is 6. The normalized spacial score (nSPS) is 16.1. The molecule has 1 amide bonds. The van der Waals surface area contributed by atoms with Crippen molar-refractivity contribution in [2.45, 2.75) is 26.3 Å². The molecule has 1 aliphatic rings. The molecule has 8 nitrogen and oxygen atoms in total. The first-order valence-corrected chi connectivity index (χ1v) is 8.84. The fourth-order valence-electron chi connectivity index (χ4n) is 3.07. The first kappa shape index (κ1) is 18.6. The zero-order chi connectivity index (χ0) is 19.6. The molecular formula is C19H23N7O. The Morgan fingerprint density at radius 1 is 1.30 bits per heavy atom. The Balaban J connectivity index is 1.78. The van der Waals surface area contributed by atoms with Gasteiger partial charge in [-0.15, -0.1) is 0 Å². The molecule has 0 unspecified atom stereocenters. The average Bonchev–Trinajstić information content (AvgIpc) is 3.11. The van der Waals surface area contributed by atoms with Crippen molar-refractivity contribution in [3.63, 3.8) is 0 Å². The number of aromatic nitrogens is 3. The van der Waals surface area contributed by atoms with Crippen molar-refractivity contribution in [1.82, 2.24) is 19.9 Å². The molecule has 1 aliphatic heterocycles. The summed E-state index contributed by atoms with van der Waals surface area (Å²) in [4.78, 5) is 29.1. The number of hydrogen-bond donors (Lipinski definition) is 1. The standard InChI is InChI=1S/C19H23N7O/c1-12-13(2)21-17(19(27)25(3)4)24-18(12)26-9-8-15(11-26)23-16-7-5-6-14(10-20)22-16/h5-7,15H,8-9,11H2,1-4H3,(H,22,23)/t15-/m1/s1. The summed E-state index contributed by atoms with van der Waals surface area (Å²) < 4.78 is 0. The van der Waals surface area contributed by atoms with Crippen LogP contribution in [0.1, 0.15) is 34.0 Å². The van der Waals surface area contributed by atoms with E-state index in [1.54, 1.807) is 20.2 Å². The second-order valence-corrected chi connectivity index (χ2v) is 6.88. The SMILES string of the molecule is Cc1nc(C(=O)N(C)C)nc(N2CC[C@@H](Nc3cccc(C#N)n3)C2)c1C. The van der Waals surface area contributed by atoms with E-state index in [0.717, 1.165) is 36.6 Å². The quantitative estimate of drug-likeness (QED) is 0.881. The average molecular weight is 365 g/mol. The van der Waals surface area contributed by atoms with Crippen LogP contribution in [0.3, 0.4) is 0 Å². The highest BCUT2D eigenvalue weighted by Gasteiger charge is 2.27. The van der Waals surface area contributed by atoms with Gasteiger partial charge in [0.2, 0.25) is 5.82 Å². The van der Waals surface area contributed by atoms with Gasteiger partial charge in [-0.2, -0.15) is 5.26 Å². The molecule has 2 aromatic rings.